The van der Waals surface area contributed by atoms with E-state index in [1.54, 1.807) is 6.08 Å². The van der Waals surface area contributed by atoms with Gasteiger partial charge < -0.3 is 14.4 Å². The van der Waals surface area contributed by atoms with Crippen LogP contribution in [0.1, 0.15) is 53.6 Å². The molecule has 0 atom stereocenters. The molecule has 0 spiro atoms. The molecule has 40 heavy (non-hydrogen) atoms. The van der Waals surface area contributed by atoms with E-state index < -0.39 is 0 Å². The van der Waals surface area contributed by atoms with Gasteiger partial charge in [0.25, 0.3) is 0 Å². The summed E-state index contributed by atoms with van der Waals surface area (Å²) in [5.41, 5.74) is 6.81. The Hall–Kier alpha value is -4.30. The monoisotopic (exact) mass is 539 g/mol. The number of aryl methyl sites for hydroxylation is 2. The van der Waals surface area contributed by atoms with Crippen LogP contribution in [0, 0.1) is 11.8 Å². The average molecular weight is 540 g/mol. The molecule has 0 saturated heterocycles. The smallest absolute Gasteiger partial charge is 0.227 e. The zero-order valence-electron chi connectivity index (χ0n) is 23.8. The molecule has 3 aromatic rings. The highest BCUT2D eigenvalue weighted by molar-refractivity contribution is 6.12. The predicted molar refractivity (Wildman–Crippen MR) is 162 cm³/mol. The Bertz CT molecular complexity index is 1470. The molecule has 8 nitrogen and oxygen atoms in total. The van der Waals surface area contributed by atoms with Gasteiger partial charge in [-0.3, -0.25) is 0 Å². The van der Waals surface area contributed by atoms with Crippen LogP contribution in [0.15, 0.2) is 78.1 Å². The lowest BCUT2D eigenvalue weighted by molar-refractivity contribution is 0.303. The van der Waals surface area contributed by atoms with Gasteiger partial charge in [-0.1, -0.05) is 43.5 Å². The summed E-state index contributed by atoms with van der Waals surface area (Å²) < 4.78 is 13.8. The fourth-order valence-corrected chi connectivity index (χ4v) is 4.86. The first kappa shape index (κ1) is 28.7. The van der Waals surface area contributed by atoms with Crippen molar-refractivity contribution in [3.63, 3.8) is 0 Å². The van der Waals surface area contributed by atoms with Crippen molar-refractivity contribution in [1.29, 1.82) is 0 Å². The van der Waals surface area contributed by atoms with Crippen LogP contribution in [0.3, 0.4) is 0 Å². The molecule has 0 unspecified atom stereocenters. The first-order valence-corrected chi connectivity index (χ1v) is 13.5. The van der Waals surface area contributed by atoms with Crippen molar-refractivity contribution in [2.75, 3.05) is 20.2 Å². The topological polar surface area (TPSA) is 81.3 Å². The number of hydrogen-bond donors (Lipinski definition) is 0. The van der Waals surface area contributed by atoms with Crippen LogP contribution in [-0.2, 0) is 19.6 Å². The van der Waals surface area contributed by atoms with Crippen LogP contribution in [0.2, 0.25) is 0 Å². The Morgan fingerprint density at radius 1 is 1.18 bits per heavy atom. The highest BCUT2D eigenvalue weighted by Crippen LogP contribution is 2.31. The summed E-state index contributed by atoms with van der Waals surface area (Å²) in [4.78, 5) is 18.4. The maximum absolute atomic E-state index is 11.1. The second kappa shape index (κ2) is 13.2. The van der Waals surface area contributed by atoms with Gasteiger partial charge in [0.05, 0.1) is 24.1 Å². The van der Waals surface area contributed by atoms with Crippen molar-refractivity contribution in [2.24, 2.45) is 10.2 Å². The van der Waals surface area contributed by atoms with Gasteiger partial charge in [-0.2, -0.15) is 9.78 Å². The Kier molecular flexibility index (Phi) is 9.45. The fourth-order valence-electron chi connectivity index (χ4n) is 4.86. The van der Waals surface area contributed by atoms with Crippen LogP contribution in [-0.4, -0.2) is 40.6 Å². The second-order valence-corrected chi connectivity index (χ2v) is 9.78. The Morgan fingerprint density at radius 2 is 2.00 bits per heavy atom. The number of fused-ring (bicyclic) bond motifs is 1. The van der Waals surface area contributed by atoms with E-state index in [0.717, 1.165) is 48.4 Å². The summed E-state index contributed by atoms with van der Waals surface area (Å²) in [5.74, 6) is 1.59. The lowest BCUT2D eigenvalue weighted by Gasteiger charge is -2.17. The maximum Gasteiger partial charge on any atom is 0.227 e. The minimum atomic E-state index is 0.0391. The highest BCUT2D eigenvalue weighted by atomic mass is 16.5. The van der Waals surface area contributed by atoms with Gasteiger partial charge in [0.1, 0.15) is 18.1 Å². The van der Waals surface area contributed by atoms with E-state index in [0.29, 0.717) is 36.2 Å². The maximum atomic E-state index is 11.1. The molecule has 0 aliphatic carbocycles. The number of hydrogen-bond acceptors (Lipinski definition) is 7. The third-order valence-electron chi connectivity index (χ3n) is 6.90. The molecule has 2 aromatic carbocycles. The summed E-state index contributed by atoms with van der Waals surface area (Å²) in [6.07, 6.45) is 7.24. The molecule has 1 aliphatic rings. The number of rotatable bonds is 11. The molecule has 1 aliphatic heterocycles. The number of aliphatic imine (C=N–C) groups is 1. The number of nitroso groups, excluding NO2 is 1. The molecule has 0 saturated carbocycles. The molecule has 0 N–H and O–H groups in total. The van der Waals surface area contributed by atoms with Crippen molar-refractivity contribution in [2.45, 2.75) is 46.8 Å². The van der Waals surface area contributed by atoms with Gasteiger partial charge in [0.15, 0.2) is 5.82 Å². The molecular weight excluding hydrogens is 502 g/mol. The van der Waals surface area contributed by atoms with E-state index in [4.69, 9.17) is 14.5 Å². The third kappa shape index (κ3) is 6.29. The van der Waals surface area contributed by atoms with Crippen LogP contribution in [0.5, 0.6) is 11.6 Å². The van der Waals surface area contributed by atoms with E-state index in [-0.39, 0.29) is 5.70 Å². The van der Waals surface area contributed by atoms with Crippen molar-refractivity contribution in [1.82, 2.24) is 14.7 Å². The number of benzene rings is 2. The van der Waals surface area contributed by atoms with Crippen molar-refractivity contribution >= 4 is 17.2 Å². The summed E-state index contributed by atoms with van der Waals surface area (Å²) in [5, 5.41) is 7.36. The Labute approximate surface area is 236 Å². The standard InChI is InChI=1S/C32H37N5O3/c1-7-29(34-30(8-2)37-32(39-9-3)28(19-33-37)23(5)35-38)27-14-10-12-22(4)31(27)40-21-24-15-16-26-20-36(6)17-11-13-25(26)18-24/h7-8,10,12,14-16,18-19H,1,5,9,11,13,17,20-21H2,2-4,6H3/b30-8+,34-29?. The number of ether oxygens (including phenoxy) is 2. The van der Waals surface area contributed by atoms with Crippen molar-refractivity contribution in [3.8, 4) is 11.6 Å². The van der Waals surface area contributed by atoms with Gasteiger partial charge in [-0.15, -0.1) is 4.91 Å². The quantitative estimate of drug-likeness (QED) is 0.198. The zero-order chi connectivity index (χ0) is 28.6. The molecule has 0 fully saturated rings. The normalized spacial score (nSPS) is 14.3. The molecular formula is C32H37N5O3. The van der Waals surface area contributed by atoms with E-state index in [1.807, 2.05) is 45.0 Å². The lowest BCUT2D eigenvalue weighted by atomic mass is 10.0. The van der Waals surface area contributed by atoms with Crippen LogP contribution in [0.4, 0.5) is 0 Å². The number of aromatic nitrogens is 2. The zero-order valence-corrected chi connectivity index (χ0v) is 23.8. The summed E-state index contributed by atoms with van der Waals surface area (Å²) in [7, 11) is 2.17. The summed E-state index contributed by atoms with van der Waals surface area (Å²) in [6.45, 7) is 16.4. The van der Waals surface area contributed by atoms with Crippen LogP contribution in [0.25, 0.3) is 11.5 Å². The highest BCUT2D eigenvalue weighted by Gasteiger charge is 2.19. The lowest BCUT2D eigenvalue weighted by Crippen LogP contribution is -2.17. The van der Waals surface area contributed by atoms with E-state index >= 15 is 0 Å². The number of allylic oxidation sites excluding steroid dienone is 2. The van der Waals surface area contributed by atoms with Gasteiger partial charge in [0, 0.05) is 12.1 Å². The third-order valence-corrected chi connectivity index (χ3v) is 6.90. The first-order valence-electron chi connectivity index (χ1n) is 13.5. The largest absolute Gasteiger partial charge is 0.488 e. The average Bonchev–Trinajstić information content (AvgIpc) is 3.27. The summed E-state index contributed by atoms with van der Waals surface area (Å²) in [6, 6.07) is 12.6. The van der Waals surface area contributed by atoms with E-state index in [1.165, 1.54) is 22.0 Å². The van der Waals surface area contributed by atoms with Crippen LogP contribution < -0.4 is 9.47 Å². The predicted octanol–water partition coefficient (Wildman–Crippen LogP) is 6.78. The van der Waals surface area contributed by atoms with Gasteiger partial charge in [0.2, 0.25) is 5.88 Å². The number of para-hydroxylation sites is 1. The molecule has 0 bridgehead atoms. The first-order chi connectivity index (χ1) is 19.4. The van der Waals surface area contributed by atoms with Gasteiger partial charge in [-0.25, -0.2) is 4.99 Å². The van der Waals surface area contributed by atoms with Crippen molar-refractivity contribution in [3.05, 3.63) is 106 Å². The SMILES string of the molecule is C=CC(=N/C(=C\C)n1ncc(C(=C)N=O)c1OCC)c1cccc(C)c1OCc1ccc2c(c1)CCCN(C)C2. The molecule has 1 aromatic heterocycles. The Morgan fingerprint density at radius 3 is 2.73 bits per heavy atom. The van der Waals surface area contributed by atoms with E-state index in [9.17, 15) is 4.91 Å². The number of nitrogens with zero attached hydrogens (tertiary/aromatic N) is 5. The molecule has 208 valence electrons. The fraction of sp³-hybridized carbons (Fsp3) is 0.312. The molecule has 8 heteroatoms. The molecule has 0 amide bonds. The summed E-state index contributed by atoms with van der Waals surface area (Å²) >= 11 is 0. The van der Waals surface area contributed by atoms with Crippen molar-refractivity contribution < 1.29 is 9.47 Å². The minimum Gasteiger partial charge on any atom is -0.488 e. The minimum absolute atomic E-state index is 0.0391. The second-order valence-electron chi connectivity index (χ2n) is 9.78. The van der Waals surface area contributed by atoms with E-state index in [2.05, 4.69) is 53.6 Å². The van der Waals surface area contributed by atoms with Gasteiger partial charge >= 0.3 is 0 Å². The van der Waals surface area contributed by atoms with Crippen LogP contribution >= 0.6 is 0 Å². The molecule has 2 heterocycles. The van der Waals surface area contributed by atoms with Gasteiger partial charge in [-0.05, 0) is 92.9 Å². The Balaban J connectivity index is 1.65. The molecule has 4 rings (SSSR count). The molecule has 0 radical (unpaired) electrons.